The van der Waals surface area contributed by atoms with Crippen molar-refractivity contribution in [1.29, 1.82) is 0 Å². The number of hydrogen-bond donors (Lipinski definition) is 2. The van der Waals surface area contributed by atoms with Crippen LogP contribution in [0.15, 0.2) is 48.7 Å². The molecule has 2 aromatic rings. The van der Waals surface area contributed by atoms with E-state index in [4.69, 9.17) is 5.73 Å². The van der Waals surface area contributed by atoms with E-state index in [1.165, 1.54) is 5.56 Å². The molecule has 2 rings (SSSR count). The summed E-state index contributed by atoms with van der Waals surface area (Å²) < 4.78 is 0. The Bertz CT molecular complexity index is 523. The zero-order chi connectivity index (χ0) is 13.5. The zero-order valence-electron chi connectivity index (χ0n) is 10.7. The van der Waals surface area contributed by atoms with Gasteiger partial charge in [0.25, 0.3) is 5.91 Å². The molecule has 1 aromatic carbocycles. The number of nitrogens with two attached hydrogens (primary N) is 1. The maximum atomic E-state index is 11.8. The molecule has 0 aliphatic rings. The number of hydrogen-bond acceptors (Lipinski definition) is 3. The summed E-state index contributed by atoms with van der Waals surface area (Å²) in [5, 5.41) is 2.84. The smallest absolute Gasteiger partial charge is 0.270 e. The maximum absolute atomic E-state index is 11.8. The normalized spacial score (nSPS) is 10.2. The Hall–Kier alpha value is -2.20. The predicted octanol–water partition coefficient (Wildman–Crippen LogP) is 1.51. The molecule has 0 atom stereocenters. The first-order valence-corrected chi connectivity index (χ1v) is 6.26. The van der Waals surface area contributed by atoms with Gasteiger partial charge in [-0.2, -0.15) is 0 Å². The first-order valence-electron chi connectivity index (χ1n) is 6.26. The molecule has 0 unspecified atom stereocenters. The average Bonchev–Trinajstić information content (AvgIpc) is 2.47. The maximum Gasteiger partial charge on any atom is 0.270 e. The van der Waals surface area contributed by atoms with Crippen molar-refractivity contribution >= 4 is 5.91 Å². The molecule has 0 bridgehead atoms. The van der Waals surface area contributed by atoms with E-state index in [9.17, 15) is 4.79 Å². The lowest BCUT2D eigenvalue weighted by Gasteiger charge is -2.06. The second-order valence-corrected chi connectivity index (χ2v) is 4.25. The third kappa shape index (κ3) is 3.89. The van der Waals surface area contributed by atoms with Crippen molar-refractivity contribution in [3.63, 3.8) is 0 Å². The summed E-state index contributed by atoms with van der Waals surface area (Å²) in [6, 6.07) is 13.4. The number of pyridine rings is 1. The van der Waals surface area contributed by atoms with Gasteiger partial charge in [0, 0.05) is 12.7 Å². The highest BCUT2D eigenvalue weighted by Crippen LogP contribution is 2.05. The number of aromatic nitrogens is 1. The molecule has 0 saturated carbocycles. The standard InChI is InChI=1S/C15H17N3O/c16-9-8-12-4-6-13(7-5-12)11-18-15(19)14-3-1-2-10-17-14/h1-7,10H,8-9,11,16H2,(H,18,19). The van der Waals surface area contributed by atoms with Crippen molar-refractivity contribution < 1.29 is 4.79 Å². The lowest BCUT2D eigenvalue weighted by atomic mass is 10.1. The number of amides is 1. The average molecular weight is 255 g/mol. The van der Waals surface area contributed by atoms with Gasteiger partial charge < -0.3 is 11.1 Å². The minimum Gasteiger partial charge on any atom is -0.347 e. The number of nitrogens with one attached hydrogen (secondary N) is 1. The van der Waals surface area contributed by atoms with Gasteiger partial charge in [0.1, 0.15) is 5.69 Å². The van der Waals surface area contributed by atoms with Crippen LogP contribution in [-0.2, 0) is 13.0 Å². The quantitative estimate of drug-likeness (QED) is 0.851. The molecule has 98 valence electrons. The Morgan fingerprint density at radius 3 is 2.47 bits per heavy atom. The number of carbonyl (C=O) groups is 1. The van der Waals surface area contributed by atoms with Crippen LogP contribution in [0.5, 0.6) is 0 Å². The molecule has 0 spiro atoms. The minimum absolute atomic E-state index is 0.161. The number of rotatable bonds is 5. The van der Waals surface area contributed by atoms with Gasteiger partial charge in [-0.05, 0) is 36.2 Å². The molecule has 1 aromatic heterocycles. The van der Waals surface area contributed by atoms with Gasteiger partial charge >= 0.3 is 0 Å². The molecule has 0 aliphatic heterocycles. The molecule has 1 amide bonds. The SMILES string of the molecule is NCCc1ccc(CNC(=O)c2ccccn2)cc1. The molecule has 1 heterocycles. The minimum atomic E-state index is -0.161. The topological polar surface area (TPSA) is 68.0 Å². The molecular formula is C15H17N3O. The third-order valence-electron chi connectivity index (χ3n) is 2.81. The number of nitrogens with zero attached hydrogens (tertiary/aromatic N) is 1. The van der Waals surface area contributed by atoms with E-state index in [0.717, 1.165) is 12.0 Å². The van der Waals surface area contributed by atoms with Crippen LogP contribution in [0.25, 0.3) is 0 Å². The van der Waals surface area contributed by atoms with Crippen LogP contribution < -0.4 is 11.1 Å². The van der Waals surface area contributed by atoms with E-state index in [1.807, 2.05) is 24.3 Å². The van der Waals surface area contributed by atoms with E-state index in [0.29, 0.717) is 18.8 Å². The Morgan fingerprint density at radius 2 is 1.84 bits per heavy atom. The Balaban J connectivity index is 1.90. The number of benzene rings is 1. The monoisotopic (exact) mass is 255 g/mol. The van der Waals surface area contributed by atoms with Gasteiger partial charge in [-0.3, -0.25) is 9.78 Å². The molecule has 19 heavy (non-hydrogen) atoms. The number of carbonyl (C=O) groups excluding carboxylic acids is 1. The molecule has 0 radical (unpaired) electrons. The fraction of sp³-hybridized carbons (Fsp3) is 0.200. The van der Waals surface area contributed by atoms with Crippen molar-refractivity contribution in [2.45, 2.75) is 13.0 Å². The highest BCUT2D eigenvalue weighted by molar-refractivity contribution is 5.92. The van der Waals surface area contributed by atoms with E-state index in [2.05, 4.69) is 10.3 Å². The van der Waals surface area contributed by atoms with Crippen molar-refractivity contribution in [3.05, 3.63) is 65.5 Å². The van der Waals surface area contributed by atoms with Crippen LogP contribution in [-0.4, -0.2) is 17.4 Å². The van der Waals surface area contributed by atoms with Crippen LogP contribution in [0.1, 0.15) is 21.6 Å². The fourth-order valence-corrected chi connectivity index (χ4v) is 1.76. The van der Waals surface area contributed by atoms with Gasteiger partial charge in [0.2, 0.25) is 0 Å². The lowest BCUT2D eigenvalue weighted by molar-refractivity contribution is 0.0946. The van der Waals surface area contributed by atoms with Crippen molar-refractivity contribution in [3.8, 4) is 0 Å². The summed E-state index contributed by atoms with van der Waals surface area (Å²) in [5.41, 5.74) is 8.20. The van der Waals surface area contributed by atoms with Crippen LogP contribution in [0.2, 0.25) is 0 Å². The van der Waals surface area contributed by atoms with Gasteiger partial charge in [-0.25, -0.2) is 0 Å². The Kier molecular flexibility index (Phi) is 4.64. The molecular weight excluding hydrogens is 238 g/mol. The van der Waals surface area contributed by atoms with Gasteiger partial charge in [0.05, 0.1) is 0 Å². The fourth-order valence-electron chi connectivity index (χ4n) is 1.76. The van der Waals surface area contributed by atoms with Gasteiger partial charge in [-0.15, -0.1) is 0 Å². The van der Waals surface area contributed by atoms with E-state index in [-0.39, 0.29) is 5.91 Å². The largest absolute Gasteiger partial charge is 0.347 e. The third-order valence-corrected chi connectivity index (χ3v) is 2.81. The second kappa shape index (κ2) is 6.66. The van der Waals surface area contributed by atoms with E-state index in [1.54, 1.807) is 24.4 Å². The molecule has 3 N–H and O–H groups in total. The van der Waals surface area contributed by atoms with Crippen LogP contribution >= 0.6 is 0 Å². The van der Waals surface area contributed by atoms with Crippen molar-refractivity contribution in [1.82, 2.24) is 10.3 Å². The van der Waals surface area contributed by atoms with Crippen LogP contribution in [0.4, 0.5) is 0 Å². The second-order valence-electron chi connectivity index (χ2n) is 4.25. The molecule has 0 aliphatic carbocycles. The predicted molar refractivity (Wildman–Crippen MR) is 74.6 cm³/mol. The lowest BCUT2D eigenvalue weighted by Crippen LogP contribution is -2.23. The molecule has 0 fully saturated rings. The summed E-state index contributed by atoms with van der Waals surface area (Å²) in [5.74, 6) is -0.161. The van der Waals surface area contributed by atoms with Gasteiger partial charge in [-0.1, -0.05) is 30.3 Å². The van der Waals surface area contributed by atoms with Crippen molar-refractivity contribution in [2.75, 3.05) is 6.54 Å². The van der Waals surface area contributed by atoms with Crippen LogP contribution in [0.3, 0.4) is 0 Å². The molecule has 4 nitrogen and oxygen atoms in total. The van der Waals surface area contributed by atoms with Gasteiger partial charge in [0.15, 0.2) is 0 Å². The zero-order valence-corrected chi connectivity index (χ0v) is 10.7. The highest BCUT2D eigenvalue weighted by atomic mass is 16.1. The van der Waals surface area contributed by atoms with Crippen molar-refractivity contribution in [2.24, 2.45) is 5.73 Å². The first kappa shape index (κ1) is 13.2. The summed E-state index contributed by atoms with van der Waals surface area (Å²) in [6.07, 6.45) is 2.48. The summed E-state index contributed by atoms with van der Waals surface area (Å²) in [7, 11) is 0. The summed E-state index contributed by atoms with van der Waals surface area (Å²) in [6.45, 7) is 1.15. The Labute approximate surface area is 112 Å². The summed E-state index contributed by atoms with van der Waals surface area (Å²) in [4.78, 5) is 15.8. The first-order chi connectivity index (χ1) is 9.29. The van der Waals surface area contributed by atoms with Crippen LogP contribution in [0, 0.1) is 0 Å². The van der Waals surface area contributed by atoms with E-state index < -0.39 is 0 Å². The summed E-state index contributed by atoms with van der Waals surface area (Å²) >= 11 is 0. The molecule has 4 heteroatoms. The highest BCUT2D eigenvalue weighted by Gasteiger charge is 2.05. The molecule has 0 saturated heterocycles. The Morgan fingerprint density at radius 1 is 1.11 bits per heavy atom. The van der Waals surface area contributed by atoms with E-state index >= 15 is 0 Å².